The second kappa shape index (κ2) is 5.82. The van der Waals surface area contributed by atoms with Gasteiger partial charge in [-0.15, -0.1) is 0 Å². The largest absolute Gasteiger partial charge is 0.391 e. The Kier molecular flexibility index (Phi) is 4.29. The lowest BCUT2D eigenvalue weighted by molar-refractivity contribution is -0.133. The number of nitriles is 1. The molecule has 1 aromatic carbocycles. The van der Waals surface area contributed by atoms with E-state index in [-0.39, 0.29) is 30.7 Å². The van der Waals surface area contributed by atoms with Crippen molar-refractivity contribution in [3.8, 4) is 6.07 Å². The van der Waals surface area contributed by atoms with Gasteiger partial charge >= 0.3 is 0 Å². The van der Waals surface area contributed by atoms with E-state index in [0.29, 0.717) is 12.0 Å². The van der Waals surface area contributed by atoms with Crippen molar-refractivity contribution in [2.75, 3.05) is 6.54 Å². The molecule has 0 saturated carbocycles. The second-order valence-corrected chi connectivity index (χ2v) is 6.18. The maximum Gasteiger partial charge on any atom is 0.224 e. The van der Waals surface area contributed by atoms with Crippen LogP contribution in [0.5, 0.6) is 0 Å². The zero-order chi connectivity index (χ0) is 15.6. The van der Waals surface area contributed by atoms with Crippen molar-refractivity contribution in [3.05, 3.63) is 35.6 Å². The number of β-amino-alcohol motifs (C(OH)–C–C–N with tert-alkyl or cyclic N) is 1. The molecular formula is C16H19FN2O2. The van der Waals surface area contributed by atoms with E-state index in [9.17, 15) is 14.3 Å². The molecular weight excluding hydrogens is 271 g/mol. The van der Waals surface area contributed by atoms with E-state index in [4.69, 9.17) is 5.26 Å². The number of benzene rings is 1. The fourth-order valence-corrected chi connectivity index (χ4v) is 2.64. The predicted octanol–water partition coefficient (Wildman–Crippen LogP) is 2.40. The molecule has 1 amide bonds. The predicted molar refractivity (Wildman–Crippen MR) is 75.5 cm³/mol. The molecule has 0 aromatic heterocycles. The number of halogens is 1. The monoisotopic (exact) mass is 290 g/mol. The highest BCUT2D eigenvalue weighted by molar-refractivity contribution is 5.78. The van der Waals surface area contributed by atoms with Crippen molar-refractivity contribution in [3.63, 3.8) is 0 Å². The van der Waals surface area contributed by atoms with E-state index in [2.05, 4.69) is 6.07 Å². The van der Waals surface area contributed by atoms with Crippen molar-refractivity contribution in [2.45, 2.75) is 38.8 Å². The van der Waals surface area contributed by atoms with Crippen molar-refractivity contribution >= 4 is 5.91 Å². The Balaban J connectivity index is 2.21. The van der Waals surface area contributed by atoms with Crippen LogP contribution in [0.3, 0.4) is 0 Å². The summed E-state index contributed by atoms with van der Waals surface area (Å²) in [5.41, 5.74) is -0.0772. The first-order valence-corrected chi connectivity index (χ1v) is 6.96. The molecule has 1 aliphatic rings. The van der Waals surface area contributed by atoms with Gasteiger partial charge in [0.25, 0.3) is 0 Å². The lowest BCUT2D eigenvalue weighted by atomic mass is 9.90. The summed E-state index contributed by atoms with van der Waals surface area (Å²) < 4.78 is 13.4. The standard InChI is InChI=1S/C16H19FN2O2/c1-16(2,10-18)8-15(21)19-9-13(20)7-14(19)11-4-3-5-12(17)6-11/h3-6,13-14,20H,7-9H2,1-2H3/t13-,14-/m1/s1. The number of hydrogen-bond acceptors (Lipinski definition) is 3. The SMILES string of the molecule is CC(C)(C#N)CC(=O)N1C[C@H](O)C[C@@H]1c1cccc(F)c1. The molecule has 112 valence electrons. The van der Waals surface area contributed by atoms with E-state index in [0.717, 1.165) is 0 Å². The van der Waals surface area contributed by atoms with E-state index < -0.39 is 11.5 Å². The molecule has 1 aromatic rings. The first-order valence-electron chi connectivity index (χ1n) is 6.96. The van der Waals surface area contributed by atoms with Crippen molar-refractivity contribution in [1.82, 2.24) is 4.90 Å². The molecule has 0 radical (unpaired) electrons. The van der Waals surface area contributed by atoms with Gasteiger partial charge in [-0.05, 0) is 38.0 Å². The Hall–Kier alpha value is -1.93. The first kappa shape index (κ1) is 15.5. The maximum atomic E-state index is 13.4. The summed E-state index contributed by atoms with van der Waals surface area (Å²) in [6.45, 7) is 3.63. The van der Waals surface area contributed by atoms with Gasteiger partial charge in [0.05, 0.1) is 23.6 Å². The minimum absolute atomic E-state index is 0.0854. The third-order valence-corrected chi connectivity index (χ3v) is 3.73. The summed E-state index contributed by atoms with van der Waals surface area (Å²) in [7, 11) is 0. The normalized spacial score (nSPS) is 22.1. The topological polar surface area (TPSA) is 64.3 Å². The number of carbonyl (C=O) groups is 1. The highest BCUT2D eigenvalue weighted by Gasteiger charge is 2.37. The van der Waals surface area contributed by atoms with Crippen LogP contribution in [0.15, 0.2) is 24.3 Å². The van der Waals surface area contributed by atoms with Gasteiger partial charge in [-0.3, -0.25) is 4.79 Å². The molecule has 1 N–H and O–H groups in total. The number of nitrogens with zero attached hydrogens (tertiary/aromatic N) is 2. The number of hydrogen-bond donors (Lipinski definition) is 1. The molecule has 2 rings (SSSR count). The fraction of sp³-hybridized carbons (Fsp3) is 0.500. The number of rotatable bonds is 3. The van der Waals surface area contributed by atoms with E-state index in [1.807, 2.05) is 0 Å². The van der Waals surface area contributed by atoms with E-state index >= 15 is 0 Å². The smallest absolute Gasteiger partial charge is 0.224 e. The molecule has 1 saturated heterocycles. The zero-order valence-electron chi connectivity index (χ0n) is 12.2. The second-order valence-electron chi connectivity index (χ2n) is 6.18. The Morgan fingerprint density at radius 1 is 1.57 bits per heavy atom. The summed E-state index contributed by atoms with van der Waals surface area (Å²) >= 11 is 0. The Labute approximate surface area is 123 Å². The number of aliphatic hydroxyl groups excluding tert-OH is 1. The summed E-state index contributed by atoms with van der Waals surface area (Å²) in [5.74, 6) is -0.550. The van der Waals surface area contributed by atoms with Crippen molar-refractivity contribution < 1.29 is 14.3 Å². The molecule has 4 nitrogen and oxygen atoms in total. The van der Waals surface area contributed by atoms with Gasteiger partial charge in [0.2, 0.25) is 5.91 Å². The average Bonchev–Trinajstić information content (AvgIpc) is 2.80. The quantitative estimate of drug-likeness (QED) is 0.929. The summed E-state index contributed by atoms with van der Waals surface area (Å²) in [6.07, 6.45) is -0.142. The van der Waals surface area contributed by atoms with Crippen LogP contribution in [0.2, 0.25) is 0 Å². The molecule has 0 bridgehead atoms. The van der Waals surface area contributed by atoms with Crippen LogP contribution in [-0.4, -0.2) is 28.6 Å². The zero-order valence-corrected chi connectivity index (χ0v) is 12.2. The van der Waals surface area contributed by atoms with Crippen LogP contribution < -0.4 is 0 Å². The lowest BCUT2D eigenvalue weighted by Gasteiger charge is -2.27. The Morgan fingerprint density at radius 2 is 2.29 bits per heavy atom. The first-order chi connectivity index (χ1) is 9.82. The number of likely N-dealkylation sites (tertiary alicyclic amines) is 1. The molecule has 0 spiro atoms. The van der Waals surface area contributed by atoms with Gasteiger partial charge in [-0.25, -0.2) is 4.39 Å². The summed E-state index contributed by atoms with van der Waals surface area (Å²) in [4.78, 5) is 14.0. The van der Waals surface area contributed by atoms with Gasteiger partial charge in [0.15, 0.2) is 0 Å². The highest BCUT2D eigenvalue weighted by atomic mass is 19.1. The molecule has 0 aliphatic carbocycles. The Bertz CT molecular complexity index is 580. The molecule has 0 unspecified atom stereocenters. The van der Waals surface area contributed by atoms with Crippen LogP contribution in [0.4, 0.5) is 4.39 Å². The highest BCUT2D eigenvalue weighted by Crippen LogP contribution is 2.34. The van der Waals surface area contributed by atoms with Gasteiger partial charge in [0.1, 0.15) is 5.82 Å². The molecule has 1 fully saturated rings. The van der Waals surface area contributed by atoms with Gasteiger partial charge in [0, 0.05) is 13.0 Å². The third kappa shape index (κ3) is 3.59. The molecule has 2 atom stereocenters. The summed E-state index contributed by atoms with van der Waals surface area (Å²) in [5, 5.41) is 18.9. The summed E-state index contributed by atoms with van der Waals surface area (Å²) in [6, 6.07) is 7.85. The molecule has 1 heterocycles. The van der Waals surface area contributed by atoms with E-state index in [1.54, 1.807) is 30.9 Å². The van der Waals surface area contributed by atoms with E-state index in [1.165, 1.54) is 12.1 Å². The lowest BCUT2D eigenvalue weighted by Crippen LogP contribution is -2.34. The number of amides is 1. The van der Waals surface area contributed by atoms with Crippen LogP contribution in [0.25, 0.3) is 0 Å². The fourth-order valence-electron chi connectivity index (χ4n) is 2.64. The van der Waals surface area contributed by atoms with Gasteiger partial charge in [-0.2, -0.15) is 5.26 Å². The van der Waals surface area contributed by atoms with Crippen LogP contribution >= 0.6 is 0 Å². The Morgan fingerprint density at radius 3 is 2.90 bits per heavy atom. The minimum atomic E-state index is -0.753. The van der Waals surface area contributed by atoms with Gasteiger partial charge in [-0.1, -0.05) is 12.1 Å². The van der Waals surface area contributed by atoms with Gasteiger partial charge < -0.3 is 10.0 Å². The number of aliphatic hydroxyl groups is 1. The van der Waals surface area contributed by atoms with Crippen LogP contribution in [-0.2, 0) is 4.79 Å². The van der Waals surface area contributed by atoms with Crippen LogP contribution in [0, 0.1) is 22.6 Å². The minimum Gasteiger partial charge on any atom is -0.391 e. The molecule has 21 heavy (non-hydrogen) atoms. The molecule has 1 aliphatic heterocycles. The number of carbonyl (C=O) groups excluding carboxylic acids is 1. The van der Waals surface area contributed by atoms with Crippen molar-refractivity contribution in [1.29, 1.82) is 5.26 Å². The molecule has 5 heteroatoms. The third-order valence-electron chi connectivity index (χ3n) is 3.73. The average molecular weight is 290 g/mol. The maximum absolute atomic E-state index is 13.4. The van der Waals surface area contributed by atoms with Crippen LogP contribution in [0.1, 0.15) is 38.3 Å². The van der Waals surface area contributed by atoms with Crippen molar-refractivity contribution in [2.24, 2.45) is 5.41 Å².